The number of nitrogens with one attached hydrogen (secondary N) is 2. The van der Waals surface area contributed by atoms with Gasteiger partial charge >= 0.3 is 0 Å². The normalized spacial score (nSPS) is 11.2. The van der Waals surface area contributed by atoms with E-state index >= 15 is 0 Å². The molecule has 0 saturated carbocycles. The van der Waals surface area contributed by atoms with Crippen molar-refractivity contribution >= 4 is 21.7 Å². The second kappa shape index (κ2) is 7.16. The largest absolute Gasteiger partial charge is 0.272 e. The van der Waals surface area contributed by atoms with Crippen LogP contribution in [0.5, 0.6) is 0 Å². The van der Waals surface area contributed by atoms with Crippen molar-refractivity contribution in [3.8, 4) is 0 Å². The van der Waals surface area contributed by atoms with Crippen LogP contribution in [0.2, 0.25) is 0 Å². The number of amides is 2. The number of benzene rings is 1. The summed E-state index contributed by atoms with van der Waals surface area (Å²) in [6.07, 6.45) is 0. The van der Waals surface area contributed by atoms with Crippen LogP contribution in [0.25, 0.3) is 0 Å². The van der Waals surface area contributed by atoms with E-state index in [0.29, 0.717) is 0 Å². The Morgan fingerprint density at radius 2 is 1.71 bits per heavy atom. The highest BCUT2D eigenvalue weighted by molar-refractivity contribution is 7.92. The maximum absolute atomic E-state index is 12.7. The summed E-state index contributed by atoms with van der Waals surface area (Å²) < 4.78 is 35.9. The van der Waals surface area contributed by atoms with Gasteiger partial charge in [-0.25, -0.2) is 12.8 Å². The van der Waals surface area contributed by atoms with Gasteiger partial charge in [-0.3, -0.25) is 20.4 Å². The summed E-state index contributed by atoms with van der Waals surface area (Å²) in [4.78, 5) is 23.1. The summed E-state index contributed by atoms with van der Waals surface area (Å²) in [7, 11) is -3.51. The predicted molar refractivity (Wildman–Crippen MR) is 75.5 cm³/mol. The van der Waals surface area contributed by atoms with Crippen molar-refractivity contribution in [1.82, 2.24) is 10.9 Å². The fourth-order valence-electron chi connectivity index (χ4n) is 1.60. The molecule has 0 aromatic heterocycles. The van der Waals surface area contributed by atoms with Gasteiger partial charge in [-0.2, -0.15) is 0 Å². The van der Waals surface area contributed by atoms with Crippen LogP contribution in [0.3, 0.4) is 0 Å². The molecule has 21 heavy (non-hydrogen) atoms. The van der Waals surface area contributed by atoms with Crippen LogP contribution in [0, 0.1) is 11.7 Å². The fourth-order valence-corrected chi connectivity index (χ4v) is 3.21. The van der Waals surface area contributed by atoms with Gasteiger partial charge in [0.25, 0.3) is 11.8 Å². The molecule has 0 aliphatic heterocycles. The SMILES string of the molecule is CC(C)CS(=O)(=O)CC(=O)NNC(=O)c1ccc(F)cc1. The van der Waals surface area contributed by atoms with E-state index in [-0.39, 0.29) is 17.2 Å². The van der Waals surface area contributed by atoms with Gasteiger partial charge in [0.2, 0.25) is 0 Å². The highest BCUT2D eigenvalue weighted by atomic mass is 32.2. The van der Waals surface area contributed by atoms with Crippen LogP contribution in [0.1, 0.15) is 24.2 Å². The number of carbonyl (C=O) groups is 2. The van der Waals surface area contributed by atoms with Gasteiger partial charge in [-0.05, 0) is 30.2 Å². The molecule has 0 spiro atoms. The molecule has 1 aromatic carbocycles. The monoisotopic (exact) mass is 316 g/mol. The van der Waals surface area contributed by atoms with Crippen molar-refractivity contribution < 1.29 is 22.4 Å². The van der Waals surface area contributed by atoms with E-state index < -0.39 is 33.2 Å². The minimum Gasteiger partial charge on any atom is -0.272 e. The molecule has 0 unspecified atom stereocenters. The zero-order valence-electron chi connectivity index (χ0n) is 11.7. The highest BCUT2D eigenvalue weighted by Gasteiger charge is 2.18. The van der Waals surface area contributed by atoms with E-state index in [0.717, 1.165) is 12.1 Å². The molecule has 1 rings (SSSR count). The van der Waals surface area contributed by atoms with Gasteiger partial charge in [0, 0.05) is 5.56 Å². The van der Waals surface area contributed by atoms with Crippen molar-refractivity contribution in [2.75, 3.05) is 11.5 Å². The smallest absolute Gasteiger partial charge is 0.269 e. The molecule has 1 aromatic rings. The number of hydrogen-bond acceptors (Lipinski definition) is 4. The molecule has 0 aliphatic carbocycles. The lowest BCUT2D eigenvalue weighted by atomic mass is 10.2. The molecule has 2 N–H and O–H groups in total. The molecule has 0 aliphatic rings. The van der Waals surface area contributed by atoms with E-state index in [4.69, 9.17) is 0 Å². The third kappa shape index (κ3) is 6.35. The van der Waals surface area contributed by atoms with Gasteiger partial charge in [0.1, 0.15) is 11.6 Å². The molecule has 8 heteroatoms. The Hall–Kier alpha value is -1.96. The Kier molecular flexibility index (Phi) is 5.83. The number of halogens is 1. The molecule has 0 heterocycles. The van der Waals surface area contributed by atoms with Crippen LogP contribution in [-0.2, 0) is 14.6 Å². The van der Waals surface area contributed by atoms with Gasteiger partial charge in [-0.15, -0.1) is 0 Å². The van der Waals surface area contributed by atoms with Gasteiger partial charge in [0.05, 0.1) is 5.75 Å². The second-order valence-electron chi connectivity index (χ2n) is 4.96. The molecule has 6 nitrogen and oxygen atoms in total. The quantitative estimate of drug-likeness (QED) is 0.781. The van der Waals surface area contributed by atoms with E-state index in [1.807, 2.05) is 5.43 Å². The summed E-state index contributed by atoms with van der Waals surface area (Å²) in [5.41, 5.74) is 4.22. The van der Waals surface area contributed by atoms with Crippen molar-refractivity contribution in [3.05, 3.63) is 35.6 Å². The minimum absolute atomic E-state index is 0.0865. The summed E-state index contributed by atoms with van der Waals surface area (Å²) in [5.74, 6) is -2.87. The highest BCUT2D eigenvalue weighted by Crippen LogP contribution is 2.02. The molecular formula is C13H17FN2O4S. The van der Waals surface area contributed by atoms with Crippen LogP contribution < -0.4 is 10.9 Å². The molecule has 0 bridgehead atoms. The molecule has 0 radical (unpaired) electrons. The summed E-state index contributed by atoms with van der Waals surface area (Å²) in [5, 5.41) is 0. The van der Waals surface area contributed by atoms with Crippen molar-refractivity contribution in [2.24, 2.45) is 5.92 Å². The summed E-state index contributed by atoms with van der Waals surface area (Å²) in [6.45, 7) is 3.46. The number of hydrogen-bond donors (Lipinski definition) is 2. The lowest BCUT2D eigenvalue weighted by molar-refractivity contribution is -0.119. The summed E-state index contributed by atoms with van der Waals surface area (Å²) >= 11 is 0. The molecule has 2 amide bonds. The third-order valence-corrected chi connectivity index (χ3v) is 4.24. The first-order chi connectivity index (χ1) is 9.69. The van der Waals surface area contributed by atoms with E-state index in [1.54, 1.807) is 13.8 Å². The first-order valence-corrected chi connectivity index (χ1v) is 8.07. The average Bonchev–Trinajstić information content (AvgIpc) is 2.34. The fraction of sp³-hybridized carbons (Fsp3) is 0.385. The average molecular weight is 316 g/mol. The van der Waals surface area contributed by atoms with Crippen LogP contribution in [0.15, 0.2) is 24.3 Å². The first kappa shape index (κ1) is 17.1. The molecule has 0 atom stereocenters. The zero-order valence-corrected chi connectivity index (χ0v) is 12.5. The Balaban J connectivity index is 2.50. The molecule has 116 valence electrons. The Morgan fingerprint density at radius 3 is 2.24 bits per heavy atom. The first-order valence-electron chi connectivity index (χ1n) is 6.25. The maximum atomic E-state index is 12.7. The number of carbonyl (C=O) groups excluding carboxylic acids is 2. The Labute approximate surface area is 122 Å². The van der Waals surface area contributed by atoms with Gasteiger partial charge < -0.3 is 0 Å². The number of rotatable bonds is 5. The van der Waals surface area contributed by atoms with Gasteiger partial charge in [0.15, 0.2) is 9.84 Å². The maximum Gasteiger partial charge on any atom is 0.269 e. The minimum atomic E-state index is -3.51. The molecular weight excluding hydrogens is 299 g/mol. The van der Waals surface area contributed by atoms with Gasteiger partial charge in [-0.1, -0.05) is 13.8 Å². The molecule has 0 fully saturated rings. The van der Waals surface area contributed by atoms with E-state index in [9.17, 15) is 22.4 Å². The third-order valence-electron chi connectivity index (χ3n) is 2.36. The number of sulfone groups is 1. The lowest BCUT2D eigenvalue weighted by Crippen LogP contribution is -2.44. The topological polar surface area (TPSA) is 92.3 Å². The number of hydrazine groups is 1. The second-order valence-corrected chi connectivity index (χ2v) is 7.07. The standard InChI is InChI=1S/C13H17FN2O4S/c1-9(2)7-21(19,20)8-12(17)15-16-13(18)10-3-5-11(14)6-4-10/h3-6,9H,7-8H2,1-2H3,(H,15,17)(H,16,18). The Morgan fingerprint density at radius 1 is 1.14 bits per heavy atom. The van der Waals surface area contributed by atoms with Crippen LogP contribution in [-0.4, -0.2) is 31.7 Å². The van der Waals surface area contributed by atoms with Crippen LogP contribution >= 0.6 is 0 Å². The van der Waals surface area contributed by atoms with Crippen molar-refractivity contribution in [3.63, 3.8) is 0 Å². The predicted octanol–water partition coefficient (Wildman–Crippen LogP) is 0.658. The summed E-state index contributed by atoms with van der Waals surface area (Å²) in [6, 6.07) is 4.69. The zero-order chi connectivity index (χ0) is 16.0. The molecule has 0 saturated heterocycles. The van der Waals surface area contributed by atoms with Crippen molar-refractivity contribution in [2.45, 2.75) is 13.8 Å². The van der Waals surface area contributed by atoms with Crippen LogP contribution in [0.4, 0.5) is 4.39 Å². The Bertz CT molecular complexity index is 612. The lowest BCUT2D eigenvalue weighted by Gasteiger charge is -2.09. The van der Waals surface area contributed by atoms with E-state index in [1.165, 1.54) is 12.1 Å². The van der Waals surface area contributed by atoms with E-state index in [2.05, 4.69) is 5.43 Å². The van der Waals surface area contributed by atoms with Crippen molar-refractivity contribution in [1.29, 1.82) is 0 Å².